The van der Waals surface area contributed by atoms with Gasteiger partial charge in [-0.1, -0.05) is 0 Å². The van der Waals surface area contributed by atoms with Gasteiger partial charge in [-0.15, -0.1) is 0 Å². The second-order valence-electron chi connectivity index (χ2n) is 4.95. The molecule has 1 fully saturated rings. The maximum atomic E-state index is 14.2. The fourth-order valence-corrected chi connectivity index (χ4v) is 2.30. The zero-order valence-corrected chi connectivity index (χ0v) is 10.6. The van der Waals surface area contributed by atoms with Crippen molar-refractivity contribution in [2.75, 3.05) is 12.3 Å². The van der Waals surface area contributed by atoms with Crippen LogP contribution in [0.4, 0.5) is 10.2 Å². The molecule has 20 heavy (non-hydrogen) atoms. The van der Waals surface area contributed by atoms with Gasteiger partial charge < -0.3 is 20.7 Å². The number of halogens is 1. The van der Waals surface area contributed by atoms with Crippen LogP contribution in [0.3, 0.4) is 0 Å². The number of fused-ring (bicyclic) bond motifs is 1. The SMILES string of the molecule is C[C@]1(CO)O[C@@H](n2cnc3c(N)ncnc32)[C@H](F)[C@@H]1O. The number of hydrogen-bond donors (Lipinski definition) is 3. The van der Waals surface area contributed by atoms with E-state index in [1.807, 2.05) is 0 Å². The second-order valence-corrected chi connectivity index (χ2v) is 4.95. The molecule has 1 aliphatic heterocycles. The Morgan fingerprint density at radius 3 is 2.90 bits per heavy atom. The highest BCUT2D eigenvalue weighted by Crippen LogP contribution is 2.39. The molecule has 1 saturated heterocycles. The normalized spacial score (nSPS) is 33.9. The van der Waals surface area contributed by atoms with Gasteiger partial charge in [0.1, 0.15) is 23.5 Å². The van der Waals surface area contributed by atoms with Crippen LogP contribution in [0.2, 0.25) is 0 Å². The highest BCUT2D eigenvalue weighted by atomic mass is 19.1. The van der Waals surface area contributed by atoms with Crippen LogP contribution < -0.4 is 5.73 Å². The first-order chi connectivity index (χ1) is 9.48. The van der Waals surface area contributed by atoms with Crippen molar-refractivity contribution in [2.24, 2.45) is 0 Å². The third-order valence-electron chi connectivity index (χ3n) is 3.56. The number of aliphatic hydroxyl groups is 2. The third-order valence-corrected chi connectivity index (χ3v) is 3.56. The zero-order chi connectivity index (χ0) is 14.5. The highest BCUT2D eigenvalue weighted by Gasteiger charge is 2.53. The van der Waals surface area contributed by atoms with Crippen LogP contribution in [0.25, 0.3) is 11.2 Å². The Morgan fingerprint density at radius 2 is 2.25 bits per heavy atom. The molecule has 0 saturated carbocycles. The number of nitrogen functional groups attached to an aromatic ring is 1. The minimum atomic E-state index is -1.72. The number of nitrogens with two attached hydrogens (primary N) is 1. The molecule has 0 aromatic carbocycles. The summed E-state index contributed by atoms with van der Waals surface area (Å²) in [6.45, 7) is 0.932. The molecule has 3 rings (SSSR count). The van der Waals surface area contributed by atoms with Gasteiger partial charge in [-0.3, -0.25) is 4.57 Å². The number of aromatic nitrogens is 4. The summed E-state index contributed by atoms with van der Waals surface area (Å²) in [4.78, 5) is 11.8. The summed E-state index contributed by atoms with van der Waals surface area (Å²) in [5.74, 6) is 0.174. The number of aliphatic hydroxyl groups excluding tert-OH is 2. The van der Waals surface area contributed by atoms with Crippen molar-refractivity contribution in [3.8, 4) is 0 Å². The summed E-state index contributed by atoms with van der Waals surface area (Å²) in [7, 11) is 0. The third kappa shape index (κ3) is 1.67. The number of hydrogen-bond acceptors (Lipinski definition) is 7. The first kappa shape index (κ1) is 13.2. The Kier molecular flexibility index (Phi) is 2.85. The number of imidazole rings is 1. The Labute approximate surface area is 113 Å². The molecule has 2 aromatic heterocycles. The van der Waals surface area contributed by atoms with Crippen LogP contribution in [-0.4, -0.2) is 54.2 Å². The summed E-state index contributed by atoms with van der Waals surface area (Å²) < 4.78 is 21.0. The smallest absolute Gasteiger partial charge is 0.174 e. The van der Waals surface area contributed by atoms with E-state index in [2.05, 4.69) is 15.0 Å². The van der Waals surface area contributed by atoms with Crippen molar-refractivity contribution >= 4 is 17.0 Å². The highest BCUT2D eigenvalue weighted by molar-refractivity contribution is 5.81. The van der Waals surface area contributed by atoms with E-state index in [1.54, 1.807) is 0 Å². The lowest BCUT2D eigenvalue weighted by Crippen LogP contribution is -2.42. The fraction of sp³-hybridized carbons (Fsp3) is 0.545. The summed E-state index contributed by atoms with van der Waals surface area (Å²) >= 11 is 0. The van der Waals surface area contributed by atoms with Gasteiger partial charge in [0, 0.05) is 0 Å². The topological polar surface area (TPSA) is 119 Å². The van der Waals surface area contributed by atoms with Crippen LogP contribution in [0.1, 0.15) is 13.2 Å². The van der Waals surface area contributed by atoms with Gasteiger partial charge >= 0.3 is 0 Å². The molecule has 0 spiro atoms. The Morgan fingerprint density at radius 1 is 1.50 bits per heavy atom. The monoisotopic (exact) mass is 283 g/mol. The second kappa shape index (κ2) is 4.33. The maximum absolute atomic E-state index is 14.2. The average Bonchev–Trinajstić information content (AvgIpc) is 2.96. The molecule has 0 aliphatic carbocycles. The number of rotatable bonds is 2. The first-order valence-corrected chi connectivity index (χ1v) is 6.02. The molecule has 0 radical (unpaired) electrons. The van der Waals surface area contributed by atoms with Gasteiger partial charge in [-0.2, -0.15) is 0 Å². The fourth-order valence-electron chi connectivity index (χ4n) is 2.30. The van der Waals surface area contributed by atoms with Gasteiger partial charge in [0.05, 0.1) is 12.9 Å². The van der Waals surface area contributed by atoms with E-state index < -0.39 is 30.7 Å². The van der Waals surface area contributed by atoms with Crippen LogP contribution in [-0.2, 0) is 4.74 Å². The molecule has 9 heteroatoms. The maximum Gasteiger partial charge on any atom is 0.174 e. The number of ether oxygens (including phenoxy) is 1. The minimum absolute atomic E-state index is 0.174. The number of alkyl halides is 1. The van der Waals surface area contributed by atoms with E-state index in [-0.39, 0.29) is 5.82 Å². The molecule has 108 valence electrons. The van der Waals surface area contributed by atoms with E-state index in [9.17, 15) is 14.6 Å². The van der Waals surface area contributed by atoms with E-state index in [4.69, 9.17) is 10.5 Å². The molecule has 0 bridgehead atoms. The molecule has 1 aliphatic rings. The zero-order valence-electron chi connectivity index (χ0n) is 10.6. The average molecular weight is 283 g/mol. The van der Waals surface area contributed by atoms with Gasteiger partial charge in [0.25, 0.3) is 0 Å². The largest absolute Gasteiger partial charge is 0.393 e. The van der Waals surface area contributed by atoms with Gasteiger partial charge in [-0.25, -0.2) is 19.3 Å². The van der Waals surface area contributed by atoms with Crippen molar-refractivity contribution in [3.05, 3.63) is 12.7 Å². The molecule has 2 aromatic rings. The minimum Gasteiger partial charge on any atom is -0.393 e. The van der Waals surface area contributed by atoms with Crippen LogP contribution in [0.15, 0.2) is 12.7 Å². The van der Waals surface area contributed by atoms with Crippen molar-refractivity contribution in [1.29, 1.82) is 0 Å². The predicted molar refractivity (Wildman–Crippen MR) is 66.3 cm³/mol. The van der Waals surface area contributed by atoms with Crippen LogP contribution in [0.5, 0.6) is 0 Å². The number of anilines is 1. The van der Waals surface area contributed by atoms with Crippen molar-refractivity contribution in [3.63, 3.8) is 0 Å². The van der Waals surface area contributed by atoms with E-state index in [0.29, 0.717) is 11.2 Å². The molecule has 8 nitrogen and oxygen atoms in total. The van der Waals surface area contributed by atoms with Crippen LogP contribution >= 0.6 is 0 Å². The molecule has 4 N–H and O–H groups in total. The lowest BCUT2D eigenvalue weighted by molar-refractivity contribution is -0.115. The van der Waals surface area contributed by atoms with Crippen LogP contribution in [0, 0.1) is 0 Å². The van der Waals surface area contributed by atoms with Gasteiger partial charge in [-0.05, 0) is 6.92 Å². The number of nitrogens with zero attached hydrogens (tertiary/aromatic N) is 4. The summed E-state index contributed by atoms with van der Waals surface area (Å²) in [5, 5.41) is 19.1. The molecular weight excluding hydrogens is 269 g/mol. The standard InChI is InChI=1S/C11H14FN5O3/c1-11(2-18)7(19)5(12)10(20-11)17-4-16-6-8(13)14-3-15-9(6)17/h3-5,7,10,18-19H,2H2,1H3,(H2,13,14,15)/t5-,7+,10-,11-/m1/s1. The Balaban J connectivity index is 2.06. The molecule has 0 amide bonds. The predicted octanol–water partition coefficient (Wildman–Crippen LogP) is -0.613. The summed E-state index contributed by atoms with van der Waals surface area (Å²) in [5.41, 5.74) is 4.92. The van der Waals surface area contributed by atoms with Crippen molar-refractivity contribution < 1.29 is 19.3 Å². The van der Waals surface area contributed by atoms with Gasteiger partial charge in [0.2, 0.25) is 0 Å². The van der Waals surface area contributed by atoms with E-state index in [1.165, 1.54) is 24.1 Å². The van der Waals surface area contributed by atoms with Crippen molar-refractivity contribution in [1.82, 2.24) is 19.5 Å². The lowest BCUT2D eigenvalue weighted by atomic mass is 9.99. The molecule has 0 unspecified atom stereocenters. The summed E-state index contributed by atoms with van der Waals surface area (Å²) in [6, 6.07) is 0. The van der Waals surface area contributed by atoms with Crippen molar-refractivity contribution in [2.45, 2.75) is 31.0 Å². The van der Waals surface area contributed by atoms with E-state index >= 15 is 0 Å². The molecular formula is C11H14FN5O3. The quantitative estimate of drug-likeness (QED) is 0.672. The van der Waals surface area contributed by atoms with E-state index in [0.717, 1.165) is 0 Å². The Bertz CT molecular complexity index is 650. The van der Waals surface area contributed by atoms with Gasteiger partial charge in [0.15, 0.2) is 23.9 Å². The Hall–Kier alpha value is -1.84. The molecule has 4 atom stereocenters. The molecule has 3 heterocycles. The first-order valence-electron chi connectivity index (χ1n) is 6.02. The lowest BCUT2D eigenvalue weighted by Gasteiger charge is -2.24. The summed E-state index contributed by atoms with van der Waals surface area (Å²) in [6.07, 6.45) is -1.75.